The zero-order valence-corrected chi connectivity index (χ0v) is 11.8. The SMILES string of the molecule is CCC1(C(=O)Nc2cc(F)c(F)c(F)c2)CCCN1.Cl. The first kappa shape index (κ1) is 16.8. The molecule has 0 aliphatic carbocycles. The maximum atomic E-state index is 13.1. The third kappa shape index (κ3) is 3.07. The van der Waals surface area contributed by atoms with Gasteiger partial charge in [0.2, 0.25) is 5.91 Å². The van der Waals surface area contributed by atoms with E-state index in [0.29, 0.717) is 12.8 Å². The third-order valence-electron chi connectivity index (χ3n) is 3.52. The second-order valence-corrected chi connectivity index (χ2v) is 4.67. The molecule has 1 atom stereocenters. The van der Waals surface area contributed by atoms with Crippen molar-refractivity contribution in [2.75, 3.05) is 11.9 Å². The molecule has 1 unspecified atom stereocenters. The van der Waals surface area contributed by atoms with E-state index in [1.165, 1.54) is 0 Å². The highest BCUT2D eigenvalue weighted by molar-refractivity contribution is 5.98. The molecule has 2 rings (SSSR count). The zero-order valence-electron chi connectivity index (χ0n) is 10.9. The van der Waals surface area contributed by atoms with Crippen molar-refractivity contribution in [3.05, 3.63) is 29.6 Å². The Morgan fingerprint density at radius 1 is 1.35 bits per heavy atom. The van der Waals surface area contributed by atoms with Crippen LogP contribution in [-0.4, -0.2) is 18.0 Å². The van der Waals surface area contributed by atoms with Gasteiger partial charge in [0, 0.05) is 17.8 Å². The summed E-state index contributed by atoms with van der Waals surface area (Å²) in [7, 11) is 0. The summed E-state index contributed by atoms with van der Waals surface area (Å²) >= 11 is 0. The van der Waals surface area contributed by atoms with Gasteiger partial charge < -0.3 is 10.6 Å². The highest BCUT2D eigenvalue weighted by Crippen LogP contribution is 2.25. The molecule has 0 saturated carbocycles. The first-order chi connectivity index (χ1) is 8.98. The summed E-state index contributed by atoms with van der Waals surface area (Å²) in [6.07, 6.45) is 2.11. The van der Waals surface area contributed by atoms with Gasteiger partial charge in [-0.25, -0.2) is 13.2 Å². The monoisotopic (exact) mass is 308 g/mol. The molecule has 0 radical (unpaired) electrons. The summed E-state index contributed by atoms with van der Waals surface area (Å²) in [4.78, 5) is 12.2. The van der Waals surface area contributed by atoms with Crippen molar-refractivity contribution in [3.8, 4) is 0 Å². The topological polar surface area (TPSA) is 41.1 Å². The molecule has 0 bridgehead atoms. The number of carbonyl (C=O) groups is 1. The van der Waals surface area contributed by atoms with Crippen LogP contribution in [0.3, 0.4) is 0 Å². The van der Waals surface area contributed by atoms with E-state index in [4.69, 9.17) is 0 Å². The molecule has 2 N–H and O–H groups in total. The van der Waals surface area contributed by atoms with Crippen molar-refractivity contribution in [1.82, 2.24) is 5.32 Å². The Morgan fingerprint density at radius 2 is 1.95 bits per heavy atom. The van der Waals surface area contributed by atoms with E-state index in [-0.39, 0.29) is 24.0 Å². The molecule has 20 heavy (non-hydrogen) atoms. The highest BCUT2D eigenvalue weighted by atomic mass is 35.5. The van der Waals surface area contributed by atoms with Crippen LogP contribution in [0.15, 0.2) is 12.1 Å². The van der Waals surface area contributed by atoms with E-state index in [1.807, 2.05) is 6.92 Å². The van der Waals surface area contributed by atoms with Crippen molar-refractivity contribution in [2.24, 2.45) is 0 Å². The molecule has 7 heteroatoms. The van der Waals surface area contributed by atoms with Crippen LogP contribution in [0.5, 0.6) is 0 Å². The summed E-state index contributed by atoms with van der Waals surface area (Å²) in [5, 5.41) is 5.54. The molecule has 0 aromatic heterocycles. The second-order valence-electron chi connectivity index (χ2n) is 4.67. The number of hydrogen-bond acceptors (Lipinski definition) is 2. The molecule has 1 heterocycles. The molecule has 1 saturated heterocycles. The van der Waals surface area contributed by atoms with E-state index in [9.17, 15) is 18.0 Å². The summed E-state index contributed by atoms with van der Waals surface area (Å²) < 4.78 is 38.9. The second kappa shape index (κ2) is 6.45. The molecular formula is C13H16ClF3N2O. The molecule has 0 spiro atoms. The van der Waals surface area contributed by atoms with Crippen molar-refractivity contribution in [1.29, 1.82) is 0 Å². The van der Waals surface area contributed by atoms with Gasteiger partial charge in [-0.3, -0.25) is 4.79 Å². The fourth-order valence-corrected chi connectivity index (χ4v) is 2.34. The van der Waals surface area contributed by atoms with E-state index in [1.54, 1.807) is 0 Å². The number of nitrogens with one attached hydrogen (secondary N) is 2. The Kier molecular flexibility index (Phi) is 5.42. The Morgan fingerprint density at radius 3 is 2.40 bits per heavy atom. The molecule has 112 valence electrons. The Bertz CT molecular complexity index is 481. The minimum atomic E-state index is -1.54. The minimum absolute atomic E-state index is 0. The predicted octanol–water partition coefficient (Wildman–Crippen LogP) is 3.00. The normalized spacial score (nSPS) is 21.4. The highest BCUT2D eigenvalue weighted by Gasteiger charge is 2.39. The quantitative estimate of drug-likeness (QED) is 0.843. The molecule has 1 amide bonds. The number of halogens is 4. The van der Waals surface area contributed by atoms with Crippen molar-refractivity contribution in [2.45, 2.75) is 31.7 Å². The van der Waals surface area contributed by atoms with Crippen LogP contribution in [0.4, 0.5) is 18.9 Å². The summed E-state index contributed by atoms with van der Waals surface area (Å²) in [6.45, 7) is 2.59. The van der Waals surface area contributed by atoms with Gasteiger partial charge in [-0.1, -0.05) is 6.92 Å². The van der Waals surface area contributed by atoms with Gasteiger partial charge in [-0.15, -0.1) is 12.4 Å². The Labute approximate surface area is 121 Å². The molecular weight excluding hydrogens is 293 g/mol. The lowest BCUT2D eigenvalue weighted by Crippen LogP contribution is -2.50. The van der Waals surface area contributed by atoms with Crippen LogP contribution in [0.1, 0.15) is 26.2 Å². The van der Waals surface area contributed by atoms with E-state index < -0.39 is 23.0 Å². The summed E-state index contributed by atoms with van der Waals surface area (Å²) in [5.74, 6) is -4.53. The van der Waals surface area contributed by atoms with E-state index >= 15 is 0 Å². The average Bonchev–Trinajstić information content (AvgIpc) is 2.85. The number of benzene rings is 1. The number of anilines is 1. The summed E-state index contributed by atoms with van der Waals surface area (Å²) in [5.41, 5.74) is -0.788. The van der Waals surface area contributed by atoms with Crippen LogP contribution in [0.25, 0.3) is 0 Å². The van der Waals surface area contributed by atoms with Gasteiger partial charge in [0.25, 0.3) is 0 Å². The number of hydrogen-bond donors (Lipinski definition) is 2. The van der Waals surface area contributed by atoms with E-state index in [2.05, 4.69) is 10.6 Å². The lowest BCUT2D eigenvalue weighted by Gasteiger charge is -2.26. The van der Waals surface area contributed by atoms with Crippen molar-refractivity contribution >= 4 is 24.0 Å². The number of rotatable bonds is 3. The molecule has 1 aliphatic rings. The first-order valence-corrected chi connectivity index (χ1v) is 6.19. The molecule has 1 aromatic rings. The number of amides is 1. The maximum Gasteiger partial charge on any atom is 0.244 e. The molecule has 3 nitrogen and oxygen atoms in total. The first-order valence-electron chi connectivity index (χ1n) is 6.19. The van der Waals surface area contributed by atoms with Gasteiger partial charge in [-0.2, -0.15) is 0 Å². The number of carbonyl (C=O) groups excluding carboxylic acids is 1. The Hall–Kier alpha value is -1.27. The fraction of sp³-hybridized carbons (Fsp3) is 0.462. The molecule has 1 aromatic carbocycles. The lowest BCUT2D eigenvalue weighted by molar-refractivity contribution is -0.122. The maximum absolute atomic E-state index is 13.1. The zero-order chi connectivity index (χ0) is 14.0. The standard InChI is InChI=1S/C13H15F3N2O.ClH/c1-2-13(4-3-5-17-13)12(19)18-8-6-9(14)11(16)10(15)7-8;/h6-7,17H,2-5H2,1H3,(H,18,19);1H. The van der Waals surface area contributed by atoms with Crippen LogP contribution < -0.4 is 10.6 Å². The summed E-state index contributed by atoms with van der Waals surface area (Å²) in [6, 6.07) is 1.54. The third-order valence-corrected chi connectivity index (χ3v) is 3.52. The van der Waals surface area contributed by atoms with Crippen molar-refractivity contribution < 1.29 is 18.0 Å². The van der Waals surface area contributed by atoms with Gasteiger partial charge in [0.1, 0.15) is 0 Å². The van der Waals surface area contributed by atoms with Crippen molar-refractivity contribution in [3.63, 3.8) is 0 Å². The molecule has 1 aliphatic heterocycles. The van der Waals surface area contributed by atoms with Crippen LogP contribution >= 0.6 is 12.4 Å². The van der Waals surface area contributed by atoms with Gasteiger partial charge in [0.05, 0.1) is 5.54 Å². The minimum Gasteiger partial charge on any atom is -0.324 e. The van der Waals surface area contributed by atoms with E-state index in [0.717, 1.165) is 25.1 Å². The smallest absolute Gasteiger partial charge is 0.244 e. The largest absolute Gasteiger partial charge is 0.324 e. The van der Waals surface area contributed by atoms with Gasteiger partial charge in [0.15, 0.2) is 17.5 Å². The molecule has 1 fully saturated rings. The van der Waals surface area contributed by atoms with Gasteiger partial charge >= 0.3 is 0 Å². The van der Waals surface area contributed by atoms with Crippen LogP contribution in [0, 0.1) is 17.5 Å². The average molecular weight is 309 g/mol. The van der Waals surface area contributed by atoms with Crippen LogP contribution in [-0.2, 0) is 4.79 Å². The van der Waals surface area contributed by atoms with Crippen LogP contribution in [0.2, 0.25) is 0 Å². The Balaban J connectivity index is 0.00000200. The van der Waals surface area contributed by atoms with Gasteiger partial charge in [-0.05, 0) is 25.8 Å². The fourth-order valence-electron chi connectivity index (χ4n) is 2.34. The predicted molar refractivity (Wildman–Crippen MR) is 72.5 cm³/mol. The lowest BCUT2D eigenvalue weighted by atomic mass is 9.93.